The Bertz CT molecular complexity index is 1220. The average Bonchev–Trinajstić information content (AvgIpc) is 3.17. The van der Waals surface area contributed by atoms with Gasteiger partial charge >= 0.3 is 0 Å². The molecule has 2 heterocycles. The van der Waals surface area contributed by atoms with Gasteiger partial charge in [0, 0.05) is 12.5 Å². The topological polar surface area (TPSA) is 104 Å². The Kier molecular flexibility index (Phi) is 6.20. The Labute approximate surface area is 226 Å². The normalized spacial score (nSPS) is 35.5. The first-order valence-electron chi connectivity index (χ1n) is 11.8. The quantitative estimate of drug-likeness (QED) is 0.240. The van der Waals surface area contributed by atoms with Crippen molar-refractivity contribution in [2.75, 3.05) is 19.1 Å². The summed E-state index contributed by atoms with van der Waals surface area (Å²) < 4.78 is 5.17. The summed E-state index contributed by atoms with van der Waals surface area (Å²) in [6.45, 7) is 2.22. The fraction of sp³-hybridized carbons (Fsp3) is 0.520. The summed E-state index contributed by atoms with van der Waals surface area (Å²) in [6.07, 6.45) is 2.75. The SMILES string of the molecule is CCCN1C(=O)C2CC=C3C(CC4(Cl)C(=O)N(CBr)C(=O)C4(Cl)C3c3ccc(OC)c(O)c3)C2C1=O. The van der Waals surface area contributed by atoms with Crippen molar-refractivity contribution in [2.24, 2.45) is 17.8 Å². The zero-order valence-electron chi connectivity index (χ0n) is 19.7. The average molecular weight is 600 g/mol. The number of fused-ring (bicyclic) bond motifs is 4. The zero-order chi connectivity index (χ0) is 26.2. The van der Waals surface area contributed by atoms with Crippen molar-refractivity contribution in [1.82, 2.24) is 9.80 Å². The van der Waals surface area contributed by atoms with Gasteiger partial charge in [-0.15, -0.1) is 23.2 Å². The molecule has 1 aromatic carbocycles. The van der Waals surface area contributed by atoms with Crippen molar-refractivity contribution < 1.29 is 29.0 Å². The highest BCUT2D eigenvalue weighted by molar-refractivity contribution is 9.09. The number of rotatable bonds is 5. The van der Waals surface area contributed by atoms with Crippen LogP contribution >= 0.6 is 39.1 Å². The minimum Gasteiger partial charge on any atom is -0.504 e. The number of halogens is 3. The van der Waals surface area contributed by atoms with Crippen LogP contribution in [-0.4, -0.2) is 67.4 Å². The van der Waals surface area contributed by atoms with Crippen LogP contribution in [0, 0.1) is 17.8 Å². The second-order valence-corrected chi connectivity index (χ2v) is 11.5. The maximum absolute atomic E-state index is 13.7. The number of hydrogen-bond donors (Lipinski definition) is 1. The molecule has 2 saturated heterocycles. The van der Waals surface area contributed by atoms with Crippen LogP contribution in [0.15, 0.2) is 29.8 Å². The number of hydrogen-bond acceptors (Lipinski definition) is 6. The van der Waals surface area contributed by atoms with E-state index < -0.39 is 45.2 Å². The van der Waals surface area contributed by atoms with Crippen molar-refractivity contribution >= 4 is 62.8 Å². The fourth-order valence-electron chi connectivity index (χ4n) is 6.52. The van der Waals surface area contributed by atoms with Gasteiger partial charge in [-0.2, -0.15) is 0 Å². The van der Waals surface area contributed by atoms with Crippen LogP contribution in [0.4, 0.5) is 0 Å². The number of methoxy groups -OCH3 is 1. The summed E-state index contributed by atoms with van der Waals surface area (Å²) >= 11 is 17.5. The highest BCUT2D eigenvalue weighted by Gasteiger charge is 2.76. The van der Waals surface area contributed by atoms with Crippen LogP contribution in [0.25, 0.3) is 0 Å². The largest absolute Gasteiger partial charge is 0.504 e. The molecule has 8 nitrogen and oxygen atoms in total. The van der Waals surface area contributed by atoms with Crippen LogP contribution in [0.1, 0.15) is 37.7 Å². The van der Waals surface area contributed by atoms with E-state index in [1.807, 2.05) is 13.0 Å². The lowest BCUT2D eigenvalue weighted by atomic mass is 9.56. The molecule has 6 atom stereocenters. The van der Waals surface area contributed by atoms with Gasteiger partial charge in [0.2, 0.25) is 11.8 Å². The van der Waals surface area contributed by atoms with Crippen molar-refractivity contribution in [2.45, 2.75) is 41.9 Å². The lowest BCUT2D eigenvalue weighted by Crippen LogP contribution is -2.60. The molecular weight excluding hydrogens is 575 g/mol. The molecular formula is C25H25BrCl2N2O6. The maximum Gasteiger partial charge on any atom is 0.254 e. The molecule has 5 rings (SSSR count). The van der Waals surface area contributed by atoms with E-state index >= 15 is 0 Å². The summed E-state index contributed by atoms with van der Waals surface area (Å²) in [7, 11) is 1.42. The third-order valence-electron chi connectivity index (χ3n) is 8.09. The van der Waals surface area contributed by atoms with Crippen molar-refractivity contribution in [3.05, 3.63) is 35.4 Å². The van der Waals surface area contributed by atoms with Crippen molar-refractivity contribution in [1.29, 1.82) is 0 Å². The van der Waals surface area contributed by atoms with Gasteiger partial charge in [-0.3, -0.25) is 29.0 Å². The van der Waals surface area contributed by atoms with Gasteiger partial charge in [0.05, 0.1) is 24.4 Å². The number of alkyl halides is 3. The Morgan fingerprint density at radius 3 is 2.44 bits per heavy atom. The maximum atomic E-state index is 13.7. The minimum atomic E-state index is -1.90. The van der Waals surface area contributed by atoms with E-state index in [1.165, 1.54) is 18.1 Å². The molecule has 4 amide bonds. The highest BCUT2D eigenvalue weighted by atomic mass is 79.9. The van der Waals surface area contributed by atoms with Gasteiger partial charge in [0.1, 0.15) is 0 Å². The van der Waals surface area contributed by atoms with Crippen molar-refractivity contribution in [3.63, 3.8) is 0 Å². The number of amides is 4. The van der Waals surface area contributed by atoms with Crippen LogP contribution in [0.2, 0.25) is 0 Å². The van der Waals surface area contributed by atoms with Crippen molar-refractivity contribution in [3.8, 4) is 11.5 Å². The second-order valence-electron chi connectivity index (χ2n) is 9.75. The molecule has 0 aromatic heterocycles. The first-order valence-corrected chi connectivity index (χ1v) is 13.7. The standard InChI is InChI=1S/C25H25BrCl2N2O6/c1-3-8-29-20(32)14-6-5-13-15(18(14)21(29)33)10-24(27)22(34)30(11-26)23(35)25(24,28)19(13)12-4-7-17(36-2)16(31)9-12/h4-5,7,9,14-15,18-19,31H,3,6,8,10-11H2,1-2H3. The van der Waals surface area contributed by atoms with Gasteiger partial charge in [-0.1, -0.05) is 40.6 Å². The number of allylic oxidation sites excluding steroid dienone is 2. The van der Waals surface area contributed by atoms with Gasteiger partial charge in [-0.25, -0.2) is 0 Å². The molecule has 11 heteroatoms. The summed E-state index contributed by atoms with van der Waals surface area (Å²) in [4.78, 5) is 52.3. The molecule has 0 radical (unpaired) electrons. The molecule has 4 aliphatic rings. The highest BCUT2D eigenvalue weighted by Crippen LogP contribution is 2.65. The smallest absolute Gasteiger partial charge is 0.254 e. The number of phenols is 1. The van der Waals surface area contributed by atoms with Crippen LogP contribution in [0.3, 0.4) is 0 Å². The van der Waals surface area contributed by atoms with Crippen LogP contribution in [-0.2, 0) is 19.2 Å². The lowest BCUT2D eigenvalue weighted by molar-refractivity contribution is -0.141. The van der Waals surface area contributed by atoms with E-state index in [1.54, 1.807) is 12.1 Å². The number of likely N-dealkylation sites (tertiary alicyclic amines) is 2. The summed E-state index contributed by atoms with van der Waals surface area (Å²) in [5.74, 6) is -4.48. The molecule has 1 saturated carbocycles. The number of nitrogens with zero attached hydrogens (tertiary/aromatic N) is 2. The van der Waals surface area contributed by atoms with E-state index in [9.17, 15) is 24.3 Å². The first kappa shape index (κ1) is 25.5. The number of phenolic OH excluding ortho intramolecular Hbond substituents is 1. The molecule has 1 aromatic rings. The molecule has 6 unspecified atom stereocenters. The number of ether oxygens (including phenoxy) is 1. The second kappa shape index (κ2) is 8.74. The summed E-state index contributed by atoms with van der Waals surface area (Å²) in [5, 5.41) is 10.5. The third kappa shape index (κ3) is 3.11. The summed E-state index contributed by atoms with van der Waals surface area (Å²) in [6, 6.07) is 4.66. The molecule has 3 fully saturated rings. The molecule has 0 spiro atoms. The van der Waals surface area contributed by atoms with E-state index in [4.69, 9.17) is 27.9 Å². The fourth-order valence-corrected chi connectivity index (χ4v) is 7.95. The first-order chi connectivity index (χ1) is 17.1. The van der Waals surface area contributed by atoms with E-state index in [0.717, 1.165) is 4.90 Å². The third-order valence-corrected chi connectivity index (χ3v) is 10.0. The molecule has 1 N–H and O–H groups in total. The predicted octanol–water partition coefficient (Wildman–Crippen LogP) is 3.52. The Hall–Kier alpha value is -2.10. The van der Waals surface area contributed by atoms with Gasteiger partial charge < -0.3 is 9.84 Å². The van der Waals surface area contributed by atoms with E-state index in [-0.39, 0.29) is 35.2 Å². The van der Waals surface area contributed by atoms with Gasteiger partial charge in [0.15, 0.2) is 21.2 Å². The monoisotopic (exact) mass is 598 g/mol. The molecule has 2 aliphatic carbocycles. The number of carbonyl (C=O) groups excluding carboxylic acids is 4. The predicted molar refractivity (Wildman–Crippen MR) is 135 cm³/mol. The lowest BCUT2D eigenvalue weighted by Gasteiger charge is -2.50. The molecule has 0 bridgehead atoms. The van der Waals surface area contributed by atoms with E-state index in [0.29, 0.717) is 30.5 Å². The minimum absolute atomic E-state index is 0.0588. The zero-order valence-corrected chi connectivity index (χ0v) is 22.8. The number of benzene rings is 1. The Morgan fingerprint density at radius 2 is 1.83 bits per heavy atom. The van der Waals surface area contributed by atoms with Crippen LogP contribution in [0.5, 0.6) is 11.5 Å². The number of aromatic hydroxyl groups is 1. The Morgan fingerprint density at radius 1 is 1.11 bits per heavy atom. The number of carbonyl (C=O) groups is 4. The van der Waals surface area contributed by atoms with Crippen LogP contribution < -0.4 is 4.74 Å². The Balaban J connectivity index is 1.71. The van der Waals surface area contributed by atoms with Gasteiger partial charge in [0.25, 0.3) is 11.8 Å². The summed E-state index contributed by atoms with van der Waals surface area (Å²) in [5.41, 5.74) is 1.05. The molecule has 2 aliphatic heterocycles. The number of imide groups is 2. The van der Waals surface area contributed by atoms with Gasteiger partial charge in [-0.05, 0) is 42.9 Å². The van der Waals surface area contributed by atoms with E-state index in [2.05, 4.69) is 15.9 Å². The molecule has 192 valence electrons. The molecule has 36 heavy (non-hydrogen) atoms.